The van der Waals surface area contributed by atoms with Gasteiger partial charge in [0, 0.05) is 18.3 Å². The monoisotopic (exact) mass is 399 g/mol. The number of methoxy groups -OCH3 is 1. The molecule has 158 valence electrons. The van der Waals surface area contributed by atoms with Crippen LogP contribution in [-0.2, 0) is 0 Å². The van der Waals surface area contributed by atoms with Crippen molar-refractivity contribution in [1.82, 2.24) is 10.2 Å². The van der Waals surface area contributed by atoms with Crippen LogP contribution in [0, 0.1) is 6.92 Å². The first kappa shape index (κ1) is 22.6. The highest BCUT2D eigenvalue weighted by Gasteiger charge is 2.13. The Hall–Kier alpha value is -2.73. The average Bonchev–Trinajstić information content (AvgIpc) is 2.71. The van der Waals surface area contributed by atoms with E-state index in [1.807, 2.05) is 38.1 Å². The van der Waals surface area contributed by atoms with Crippen molar-refractivity contribution in [2.45, 2.75) is 33.7 Å². The molecule has 2 aromatic rings. The number of nitrogens with one attached hydrogen (secondary N) is 2. The molecule has 0 heterocycles. The molecule has 0 spiro atoms. The van der Waals surface area contributed by atoms with E-state index in [9.17, 15) is 4.79 Å². The smallest absolute Gasteiger partial charge is 0.319 e. The van der Waals surface area contributed by atoms with E-state index in [2.05, 4.69) is 29.4 Å². The molecular formula is C23H33N3O3. The largest absolute Gasteiger partial charge is 0.493 e. The standard InChI is InChI=1S/C23H33N3O3/c1-6-26(7-2)14-15-29-22-16-19(12-13-21(22)28-5)25-23(27)24-18(4)20-11-9-8-10-17(20)3/h8-13,16,18H,6-7,14-15H2,1-5H3,(H2,24,25,27). The lowest BCUT2D eigenvalue weighted by Crippen LogP contribution is -2.31. The van der Waals surface area contributed by atoms with Crippen molar-refractivity contribution < 1.29 is 14.3 Å². The van der Waals surface area contributed by atoms with Gasteiger partial charge in [-0.25, -0.2) is 4.79 Å². The van der Waals surface area contributed by atoms with E-state index in [0.29, 0.717) is 23.8 Å². The molecule has 2 amide bonds. The maximum Gasteiger partial charge on any atom is 0.319 e. The normalized spacial score (nSPS) is 11.8. The third kappa shape index (κ3) is 6.68. The topological polar surface area (TPSA) is 62.8 Å². The summed E-state index contributed by atoms with van der Waals surface area (Å²) in [5.74, 6) is 1.26. The molecule has 2 rings (SSSR count). The molecule has 0 saturated carbocycles. The molecule has 0 aliphatic heterocycles. The van der Waals surface area contributed by atoms with Crippen molar-refractivity contribution in [2.75, 3.05) is 38.7 Å². The molecule has 0 aromatic heterocycles. The summed E-state index contributed by atoms with van der Waals surface area (Å²) in [5.41, 5.74) is 2.89. The first-order chi connectivity index (χ1) is 14.0. The summed E-state index contributed by atoms with van der Waals surface area (Å²) >= 11 is 0. The summed E-state index contributed by atoms with van der Waals surface area (Å²) in [4.78, 5) is 14.7. The first-order valence-corrected chi connectivity index (χ1v) is 10.1. The minimum absolute atomic E-state index is 0.0979. The molecule has 0 saturated heterocycles. The summed E-state index contributed by atoms with van der Waals surface area (Å²) in [6.45, 7) is 11.6. The third-order valence-electron chi connectivity index (χ3n) is 4.98. The van der Waals surface area contributed by atoms with Crippen molar-refractivity contribution in [2.24, 2.45) is 0 Å². The number of rotatable bonds is 10. The van der Waals surface area contributed by atoms with Gasteiger partial charge in [0.25, 0.3) is 0 Å². The summed E-state index contributed by atoms with van der Waals surface area (Å²) in [6.07, 6.45) is 0. The molecule has 0 aliphatic rings. The number of hydrogen-bond acceptors (Lipinski definition) is 4. The minimum Gasteiger partial charge on any atom is -0.493 e. The average molecular weight is 400 g/mol. The fourth-order valence-electron chi connectivity index (χ4n) is 3.21. The van der Waals surface area contributed by atoms with Gasteiger partial charge in [-0.1, -0.05) is 38.1 Å². The number of carbonyl (C=O) groups excluding carboxylic acids is 1. The molecule has 1 atom stereocenters. The Morgan fingerprint density at radius 2 is 1.83 bits per heavy atom. The van der Waals surface area contributed by atoms with E-state index >= 15 is 0 Å². The number of likely N-dealkylation sites (N-methyl/N-ethyl adjacent to an activating group) is 1. The molecule has 0 fully saturated rings. The van der Waals surface area contributed by atoms with Crippen LogP contribution in [0.25, 0.3) is 0 Å². The van der Waals surface area contributed by atoms with Gasteiger partial charge in [-0.05, 0) is 50.2 Å². The number of aryl methyl sites for hydroxylation is 1. The van der Waals surface area contributed by atoms with E-state index < -0.39 is 0 Å². The van der Waals surface area contributed by atoms with Crippen LogP contribution in [0.15, 0.2) is 42.5 Å². The second-order valence-electron chi connectivity index (χ2n) is 6.92. The molecule has 29 heavy (non-hydrogen) atoms. The maximum absolute atomic E-state index is 12.5. The first-order valence-electron chi connectivity index (χ1n) is 10.1. The van der Waals surface area contributed by atoms with Crippen molar-refractivity contribution in [3.8, 4) is 11.5 Å². The molecule has 2 aromatic carbocycles. The third-order valence-corrected chi connectivity index (χ3v) is 4.98. The van der Waals surface area contributed by atoms with Crippen molar-refractivity contribution in [1.29, 1.82) is 0 Å². The molecular weight excluding hydrogens is 366 g/mol. The van der Waals surface area contributed by atoms with E-state index in [1.54, 1.807) is 25.3 Å². The SMILES string of the molecule is CCN(CC)CCOc1cc(NC(=O)NC(C)c2ccccc2C)ccc1OC. The predicted molar refractivity (Wildman–Crippen MR) is 118 cm³/mol. The zero-order chi connectivity index (χ0) is 21.2. The molecule has 0 radical (unpaired) electrons. The van der Waals surface area contributed by atoms with Gasteiger partial charge in [0.2, 0.25) is 0 Å². The van der Waals surface area contributed by atoms with Crippen LogP contribution in [-0.4, -0.2) is 44.3 Å². The van der Waals surface area contributed by atoms with Crippen LogP contribution < -0.4 is 20.1 Å². The quantitative estimate of drug-likeness (QED) is 0.613. The Morgan fingerprint density at radius 1 is 1.10 bits per heavy atom. The van der Waals surface area contributed by atoms with Gasteiger partial charge in [-0.3, -0.25) is 0 Å². The Morgan fingerprint density at radius 3 is 2.48 bits per heavy atom. The summed E-state index contributed by atoms with van der Waals surface area (Å²) in [5, 5.41) is 5.86. The Balaban J connectivity index is 1.99. The van der Waals surface area contributed by atoms with Gasteiger partial charge in [-0.2, -0.15) is 0 Å². The lowest BCUT2D eigenvalue weighted by molar-refractivity contribution is 0.217. The Kier molecular flexibility index (Phi) is 8.80. The highest BCUT2D eigenvalue weighted by Crippen LogP contribution is 2.30. The lowest BCUT2D eigenvalue weighted by atomic mass is 10.0. The van der Waals surface area contributed by atoms with Crippen LogP contribution in [0.3, 0.4) is 0 Å². The summed E-state index contributed by atoms with van der Waals surface area (Å²) in [7, 11) is 1.61. The molecule has 1 unspecified atom stereocenters. The van der Waals surface area contributed by atoms with E-state index in [1.165, 1.54) is 0 Å². The second kappa shape index (κ2) is 11.3. The molecule has 2 N–H and O–H groups in total. The van der Waals surface area contributed by atoms with Crippen molar-refractivity contribution in [3.05, 3.63) is 53.6 Å². The molecule has 0 bridgehead atoms. The van der Waals surface area contributed by atoms with E-state index in [-0.39, 0.29) is 12.1 Å². The zero-order valence-electron chi connectivity index (χ0n) is 18.1. The van der Waals surface area contributed by atoms with Gasteiger partial charge in [0.15, 0.2) is 11.5 Å². The van der Waals surface area contributed by atoms with Gasteiger partial charge in [0.05, 0.1) is 13.2 Å². The Bertz CT molecular complexity index is 791. The predicted octanol–water partition coefficient (Wildman–Crippen LogP) is 4.61. The number of carbonyl (C=O) groups is 1. The summed E-state index contributed by atoms with van der Waals surface area (Å²) in [6, 6.07) is 13.1. The van der Waals surface area contributed by atoms with Crippen LogP contribution in [0.2, 0.25) is 0 Å². The summed E-state index contributed by atoms with van der Waals surface area (Å²) < 4.78 is 11.3. The fourth-order valence-corrected chi connectivity index (χ4v) is 3.21. The van der Waals surface area contributed by atoms with Crippen molar-refractivity contribution in [3.63, 3.8) is 0 Å². The zero-order valence-corrected chi connectivity index (χ0v) is 18.1. The molecule has 6 heteroatoms. The van der Waals surface area contributed by atoms with Crippen LogP contribution in [0.5, 0.6) is 11.5 Å². The van der Waals surface area contributed by atoms with Crippen LogP contribution >= 0.6 is 0 Å². The van der Waals surface area contributed by atoms with Crippen molar-refractivity contribution >= 4 is 11.7 Å². The van der Waals surface area contributed by atoms with Gasteiger partial charge < -0.3 is 25.0 Å². The molecule has 0 aliphatic carbocycles. The van der Waals surface area contributed by atoms with E-state index in [0.717, 1.165) is 30.8 Å². The Labute approximate surface area is 174 Å². The fraction of sp³-hybridized carbons (Fsp3) is 0.435. The second-order valence-corrected chi connectivity index (χ2v) is 6.92. The number of urea groups is 1. The number of ether oxygens (including phenoxy) is 2. The minimum atomic E-state index is -0.264. The number of amides is 2. The van der Waals surface area contributed by atoms with Gasteiger partial charge >= 0.3 is 6.03 Å². The van der Waals surface area contributed by atoms with E-state index in [4.69, 9.17) is 9.47 Å². The number of anilines is 1. The van der Waals surface area contributed by atoms with Crippen LogP contribution in [0.1, 0.15) is 37.9 Å². The molecule has 6 nitrogen and oxygen atoms in total. The lowest BCUT2D eigenvalue weighted by Gasteiger charge is -2.19. The van der Waals surface area contributed by atoms with Gasteiger partial charge in [0.1, 0.15) is 6.61 Å². The maximum atomic E-state index is 12.5. The highest BCUT2D eigenvalue weighted by atomic mass is 16.5. The number of benzene rings is 2. The number of nitrogens with zero attached hydrogens (tertiary/aromatic N) is 1. The van der Waals surface area contributed by atoms with Gasteiger partial charge in [-0.15, -0.1) is 0 Å². The highest BCUT2D eigenvalue weighted by molar-refractivity contribution is 5.90. The van der Waals surface area contributed by atoms with Crippen LogP contribution in [0.4, 0.5) is 10.5 Å². The number of hydrogen-bond donors (Lipinski definition) is 2.